The molecule has 7 nitrogen and oxygen atoms in total. The molecule has 0 atom stereocenters. The number of carbonyl (C=O) groups excluding carboxylic acids is 1. The van der Waals surface area contributed by atoms with Gasteiger partial charge >= 0.3 is 0 Å². The first-order valence-electron chi connectivity index (χ1n) is 11.9. The average molecular weight is 568 g/mol. The summed E-state index contributed by atoms with van der Waals surface area (Å²) in [6.45, 7) is 11.1. The second-order valence-corrected chi connectivity index (χ2v) is 8.46. The van der Waals surface area contributed by atoms with E-state index in [9.17, 15) is 4.79 Å². The fourth-order valence-electron chi connectivity index (χ4n) is 4.02. The Morgan fingerprint density at radius 3 is 2.45 bits per heavy atom. The smallest absolute Gasteiger partial charge is 0.226 e. The van der Waals surface area contributed by atoms with E-state index in [0.717, 1.165) is 62.5 Å². The van der Waals surface area contributed by atoms with Gasteiger partial charge in [0.1, 0.15) is 12.0 Å². The van der Waals surface area contributed by atoms with Gasteiger partial charge in [0.2, 0.25) is 11.8 Å². The van der Waals surface area contributed by atoms with Crippen molar-refractivity contribution in [2.24, 2.45) is 10.9 Å². The summed E-state index contributed by atoms with van der Waals surface area (Å²) in [4.78, 5) is 23.9. The van der Waals surface area contributed by atoms with Gasteiger partial charge < -0.3 is 20.0 Å². The van der Waals surface area contributed by atoms with Crippen LogP contribution in [0.4, 0.5) is 0 Å². The van der Waals surface area contributed by atoms with E-state index in [0.29, 0.717) is 24.4 Å². The van der Waals surface area contributed by atoms with Crippen molar-refractivity contribution < 1.29 is 9.21 Å². The fraction of sp³-hybridized carbons (Fsp3) is 0.560. The van der Waals surface area contributed by atoms with Gasteiger partial charge in [0.05, 0.1) is 6.54 Å². The van der Waals surface area contributed by atoms with Crippen LogP contribution in [0.15, 0.2) is 39.9 Å². The van der Waals surface area contributed by atoms with Gasteiger partial charge in [-0.15, -0.1) is 24.0 Å². The number of hydrogen-bond donors (Lipinski definition) is 2. The first-order chi connectivity index (χ1) is 15.5. The van der Waals surface area contributed by atoms with Crippen LogP contribution in [0, 0.1) is 12.8 Å². The number of aryl methyl sites for hydroxylation is 1. The van der Waals surface area contributed by atoms with Crippen LogP contribution in [0.2, 0.25) is 0 Å². The number of piperidine rings is 1. The van der Waals surface area contributed by atoms with Crippen LogP contribution in [-0.4, -0.2) is 47.4 Å². The molecule has 1 fully saturated rings. The number of likely N-dealkylation sites (tertiary alicyclic amines) is 1. The van der Waals surface area contributed by atoms with Gasteiger partial charge in [-0.3, -0.25) is 4.79 Å². The van der Waals surface area contributed by atoms with Crippen LogP contribution in [0.3, 0.4) is 0 Å². The molecule has 0 radical (unpaired) electrons. The average Bonchev–Trinajstić information content (AvgIpc) is 3.28. The van der Waals surface area contributed by atoms with E-state index < -0.39 is 0 Å². The van der Waals surface area contributed by atoms with Crippen LogP contribution in [0.25, 0.3) is 11.5 Å². The maximum absolute atomic E-state index is 12.6. The van der Waals surface area contributed by atoms with Gasteiger partial charge in [0, 0.05) is 37.2 Å². The molecule has 8 heteroatoms. The molecule has 33 heavy (non-hydrogen) atoms. The van der Waals surface area contributed by atoms with Gasteiger partial charge in [-0.2, -0.15) is 0 Å². The summed E-state index contributed by atoms with van der Waals surface area (Å²) in [6.07, 6.45) is 5.36. The molecule has 2 N–H and O–H groups in total. The molecule has 0 saturated carbocycles. The molecule has 1 aliphatic heterocycles. The lowest BCUT2D eigenvalue weighted by atomic mass is 9.98. The van der Waals surface area contributed by atoms with Crippen molar-refractivity contribution in [1.29, 1.82) is 0 Å². The minimum atomic E-state index is 0. The van der Waals surface area contributed by atoms with E-state index in [2.05, 4.69) is 43.3 Å². The predicted octanol–water partition coefficient (Wildman–Crippen LogP) is 4.75. The summed E-state index contributed by atoms with van der Waals surface area (Å²) in [5, 5.41) is 6.85. The van der Waals surface area contributed by atoms with Gasteiger partial charge in [-0.05, 0) is 51.7 Å². The summed E-state index contributed by atoms with van der Waals surface area (Å²) < 4.78 is 5.65. The molecule has 1 saturated heterocycles. The number of benzene rings is 1. The zero-order valence-corrected chi connectivity index (χ0v) is 22.6. The van der Waals surface area contributed by atoms with Crippen molar-refractivity contribution in [3.63, 3.8) is 0 Å². The van der Waals surface area contributed by atoms with Gasteiger partial charge in [-0.1, -0.05) is 31.5 Å². The molecule has 1 aromatic heterocycles. The highest BCUT2D eigenvalue weighted by atomic mass is 127. The highest BCUT2D eigenvalue weighted by Gasteiger charge is 2.26. The van der Waals surface area contributed by atoms with E-state index in [1.807, 2.05) is 29.2 Å². The Bertz CT molecular complexity index is 884. The topological polar surface area (TPSA) is 82.8 Å². The number of halogens is 1. The van der Waals surface area contributed by atoms with E-state index >= 15 is 0 Å². The number of aliphatic imine (C=N–C) groups is 1. The SMILES string of the molecule is CCNC(=NCc1coc(-c2ccc(C)cc2)n1)NC1CCN(C(=O)C(CC)CC)CC1.I. The zero-order chi connectivity index (χ0) is 22.9. The van der Waals surface area contributed by atoms with Crippen molar-refractivity contribution in [2.45, 2.75) is 66.0 Å². The Balaban J connectivity index is 0.00000385. The summed E-state index contributed by atoms with van der Waals surface area (Å²) in [5.74, 6) is 1.86. The molecule has 182 valence electrons. The minimum Gasteiger partial charge on any atom is -0.444 e. The lowest BCUT2D eigenvalue weighted by Gasteiger charge is -2.34. The summed E-state index contributed by atoms with van der Waals surface area (Å²) in [7, 11) is 0. The van der Waals surface area contributed by atoms with Crippen LogP contribution in [-0.2, 0) is 11.3 Å². The standard InChI is InChI=1S/C25H37N5O2.HI/c1-5-19(6-2)24(31)30-14-12-21(13-15-30)29-25(26-7-3)27-16-22-17-32-23(28-22)20-10-8-18(4)9-11-20;/h8-11,17,19,21H,5-7,12-16H2,1-4H3,(H2,26,27,29);1H. The van der Waals surface area contributed by atoms with E-state index in [1.165, 1.54) is 5.56 Å². The van der Waals surface area contributed by atoms with Crippen LogP contribution in [0.5, 0.6) is 0 Å². The second-order valence-electron chi connectivity index (χ2n) is 8.46. The number of guanidine groups is 1. The first kappa shape index (κ1) is 27.1. The summed E-state index contributed by atoms with van der Waals surface area (Å²) in [5.41, 5.74) is 2.96. The molecule has 0 spiro atoms. The van der Waals surface area contributed by atoms with Crippen LogP contribution >= 0.6 is 24.0 Å². The molecule has 0 aliphatic carbocycles. The molecular weight excluding hydrogens is 529 g/mol. The largest absolute Gasteiger partial charge is 0.444 e. The number of oxazole rings is 1. The number of nitrogens with zero attached hydrogens (tertiary/aromatic N) is 3. The molecular formula is C25H38IN5O2. The molecule has 1 aromatic carbocycles. The van der Waals surface area contributed by atoms with Crippen molar-refractivity contribution in [1.82, 2.24) is 20.5 Å². The number of amides is 1. The number of nitrogens with one attached hydrogen (secondary N) is 2. The first-order valence-corrected chi connectivity index (χ1v) is 11.9. The minimum absolute atomic E-state index is 0. The summed E-state index contributed by atoms with van der Waals surface area (Å²) >= 11 is 0. The fourth-order valence-corrected chi connectivity index (χ4v) is 4.02. The quantitative estimate of drug-likeness (QED) is 0.274. The maximum atomic E-state index is 12.6. The third-order valence-electron chi connectivity index (χ3n) is 6.08. The van der Waals surface area contributed by atoms with Crippen molar-refractivity contribution in [3.8, 4) is 11.5 Å². The zero-order valence-electron chi connectivity index (χ0n) is 20.3. The lowest BCUT2D eigenvalue weighted by Crippen LogP contribution is -2.50. The Morgan fingerprint density at radius 2 is 1.85 bits per heavy atom. The van der Waals surface area contributed by atoms with Gasteiger partial charge in [0.15, 0.2) is 5.96 Å². The molecule has 0 bridgehead atoms. The monoisotopic (exact) mass is 567 g/mol. The van der Waals surface area contributed by atoms with Crippen molar-refractivity contribution in [2.75, 3.05) is 19.6 Å². The van der Waals surface area contributed by atoms with E-state index in [-0.39, 0.29) is 29.9 Å². The Labute approximate surface area is 214 Å². The molecule has 2 aromatic rings. The summed E-state index contributed by atoms with van der Waals surface area (Å²) in [6, 6.07) is 8.43. The van der Waals surface area contributed by atoms with E-state index in [1.54, 1.807) is 6.26 Å². The Kier molecular flexibility index (Phi) is 11.2. The second kappa shape index (κ2) is 13.6. The van der Waals surface area contributed by atoms with Crippen LogP contribution in [0.1, 0.15) is 57.7 Å². The Morgan fingerprint density at radius 1 is 1.18 bits per heavy atom. The molecule has 1 amide bonds. The third kappa shape index (κ3) is 7.72. The highest BCUT2D eigenvalue weighted by Crippen LogP contribution is 2.20. The highest BCUT2D eigenvalue weighted by molar-refractivity contribution is 14.0. The number of hydrogen-bond acceptors (Lipinski definition) is 4. The molecule has 2 heterocycles. The van der Waals surface area contributed by atoms with Gasteiger partial charge in [-0.25, -0.2) is 9.98 Å². The predicted molar refractivity (Wildman–Crippen MR) is 144 cm³/mol. The normalized spacial score (nSPS) is 14.8. The Hall–Kier alpha value is -2.10. The number of rotatable bonds is 8. The number of carbonyl (C=O) groups is 1. The third-order valence-corrected chi connectivity index (χ3v) is 6.08. The molecule has 3 rings (SSSR count). The van der Waals surface area contributed by atoms with E-state index in [4.69, 9.17) is 9.41 Å². The maximum Gasteiger partial charge on any atom is 0.226 e. The molecule has 0 unspecified atom stereocenters. The van der Waals surface area contributed by atoms with Crippen molar-refractivity contribution >= 4 is 35.8 Å². The van der Waals surface area contributed by atoms with Crippen LogP contribution < -0.4 is 10.6 Å². The van der Waals surface area contributed by atoms with Crippen molar-refractivity contribution in [3.05, 3.63) is 41.8 Å². The molecule has 1 aliphatic rings. The lowest BCUT2D eigenvalue weighted by molar-refractivity contribution is -0.136. The van der Waals surface area contributed by atoms with Gasteiger partial charge in [0.25, 0.3) is 0 Å². The number of aromatic nitrogens is 1.